The maximum atomic E-state index is 4.88. The van der Waals surface area contributed by atoms with Gasteiger partial charge in [-0.1, -0.05) is 0 Å². The van der Waals surface area contributed by atoms with Crippen LogP contribution in [0.3, 0.4) is 0 Å². The minimum Gasteiger partial charge on any atom is -0.213 e. The highest BCUT2D eigenvalue weighted by Gasteiger charge is 2.42. The first kappa shape index (κ1) is 6.99. The van der Waals surface area contributed by atoms with E-state index in [-0.39, 0.29) is 11.1 Å². The predicted molar refractivity (Wildman–Crippen MR) is 35.5 cm³/mol. The van der Waals surface area contributed by atoms with Gasteiger partial charge >= 0.3 is 0 Å². The summed E-state index contributed by atoms with van der Waals surface area (Å²) in [5, 5.41) is 0. The summed E-state index contributed by atoms with van der Waals surface area (Å²) in [4.78, 5) is 4.88. The molecular weight excluding hydrogens is 116 g/mol. The zero-order chi connectivity index (χ0) is 7.12. The van der Waals surface area contributed by atoms with Gasteiger partial charge in [-0.3, -0.25) is 0 Å². The fraction of sp³-hybridized carbons (Fsp3) is 1.00. The Hall–Kier alpha value is -0.120. The Morgan fingerprint density at radius 3 is 1.33 bits per heavy atom. The Morgan fingerprint density at radius 1 is 0.889 bits per heavy atom. The van der Waals surface area contributed by atoms with Crippen LogP contribution in [0.4, 0.5) is 0 Å². The first-order valence-electron chi connectivity index (χ1n) is 3.16. The van der Waals surface area contributed by atoms with Gasteiger partial charge in [0.05, 0.1) is 11.1 Å². The van der Waals surface area contributed by atoms with E-state index in [9.17, 15) is 0 Å². The quantitative estimate of drug-likeness (QED) is 0.503. The van der Waals surface area contributed by atoms with Crippen molar-refractivity contribution in [3.05, 3.63) is 0 Å². The van der Waals surface area contributed by atoms with Crippen LogP contribution in [0.15, 0.2) is 0 Å². The van der Waals surface area contributed by atoms with Gasteiger partial charge < -0.3 is 0 Å². The molecule has 1 aliphatic rings. The van der Waals surface area contributed by atoms with Crippen LogP contribution in [0.25, 0.3) is 0 Å². The van der Waals surface area contributed by atoms with Crippen LogP contribution in [0.2, 0.25) is 0 Å². The summed E-state index contributed by atoms with van der Waals surface area (Å²) in [5.41, 5.74) is 5.76. The maximum Gasteiger partial charge on any atom is 0.0594 e. The molecule has 2 N–H and O–H groups in total. The summed E-state index contributed by atoms with van der Waals surface area (Å²) in [6.45, 7) is 8.36. The Labute approximate surface area is 55.7 Å². The molecule has 1 fully saturated rings. The lowest BCUT2D eigenvalue weighted by atomic mass is 9.85. The largest absolute Gasteiger partial charge is 0.213 e. The molecule has 1 heterocycles. The summed E-state index contributed by atoms with van der Waals surface area (Å²) in [5.74, 6) is 0. The third kappa shape index (κ3) is 0.956. The fourth-order valence-corrected chi connectivity index (χ4v) is 0.536. The first-order chi connectivity index (χ1) is 3.96. The van der Waals surface area contributed by atoms with Crippen molar-refractivity contribution in [1.82, 2.24) is 11.0 Å². The second-order valence-electron chi connectivity index (χ2n) is 3.56. The van der Waals surface area contributed by atoms with Crippen LogP contribution in [0.5, 0.6) is 0 Å². The van der Waals surface area contributed by atoms with E-state index >= 15 is 0 Å². The average molecular weight is 130 g/mol. The molecule has 0 bridgehead atoms. The van der Waals surface area contributed by atoms with Crippen molar-refractivity contribution in [2.45, 2.75) is 38.8 Å². The van der Waals surface area contributed by atoms with Gasteiger partial charge in [0.15, 0.2) is 0 Å². The second kappa shape index (κ2) is 1.68. The van der Waals surface area contributed by atoms with Gasteiger partial charge in [-0.15, -0.1) is 0 Å². The van der Waals surface area contributed by atoms with Crippen molar-refractivity contribution in [2.24, 2.45) is 0 Å². The molecule has 9 heavy (non-hydrogen) atoms. The van der Waals surface area contributed by atoms with Gasteiger partial charge in [0.25, 0.3) is 0 Å². The van der Waals surface area contributed by atoms with Crippen LogP contribution in [0.1, 0.15) is 27.7 Å². The topological polar surface area (TPSA) is 33.3 Å². The third-order valence-corrected chi connectivity index (χ3v) is 2.17. The minimum atomic E-state index is 0.00694. The van der Waals surface area contributed by atoms with E-state index in [2.05, 4.69) is 38.7 Å². The maximum absolute atomic E-state index is 4.88. The molecule has 0 aromatic heterocycles. The van der Waals surface area contributed by atoms with Gasteiger partial charge in [-0.05, 0) is 27.7 Å². The van der Waals surface area contributed by atoms with Crippen molar-refractivity contribution < 1.29 is 4.94 Å². The van der Waals surface area contributed by atoms with Crippen molar-refractivity contribution >= 4 is 0 Å². The molecule has 0 atom stereocenters. The molecule has 54 valence electrons. The lowest BCUT2D eigenvalue weighted by Gasteiger charge is -2.30. The normalized spacial score (nSPS) is 30.7. The van der Waals surface area contributed by atoms with Crippen LogP contribution in [-0.4, -0.2) is 11.1 Å². The van der Waals surface area contributed by atoms with Crippen molar-refractivity contribution in [3.63, 3.8) is 0 Å². The van der Waals surface area contributed by atoms with Crippen molar-refractivity contribution in [2.75, 3.05) is 0 Å². The zero-order valence-corrected chi connectivity index (χ0v) is 6.41. The SMILES string of the molecule is CC1(C)NONC1(C)C. The van der Waals surface area contributed by atoms with E-state index in [0.29, 0.717) is 0 Å². The monoisotopic (exact) mass is 130 g/mol. The van der Waals surface area contributed by atoms with Gasteiger partial charge in [-0.2, -0.15) is 11.0 Å². The molecule has 1 rings (SSSR count). The Balaban J connectivity index is 2.75. The smallest absolute Gasteiger partial charge is 0.0594 e. The molecule has 1 aliphatic heterocycles. The summed E-state index contributed by atoms with van der Waals surface area (Å²) >= 11 is 0. The van der Waals surface area contributed by atoms with Crippen LogP contribution in [-0.2, 0) is 4.94 Å². The summed E-state index contributed by atoms with van der Waals surface area (Å²) < 4.78 is 0. The van der Waals surface area contributed by atoms with Gasteiger partial charge in [0.1, 0.15) is 0 Å². The number of hydroxylamine groups is 2. The highest BCUT2D eigenvalue weighted by Crippen LogP contribution is 2.24. The van der Waals surface area contributed by atoms with Crippen molar-refractivity contribution in [3.8, 4) is 0 Å². The van der Waals surface area contributed by atoms with Gasteiger partial charge in [0.2, 0.25) is 0 Å². The van der Waals surface area contributed by atoms with Gasteiger partial charge in [-0.25, -0.2) is 4.94 Å². The van der Waals surface area contributed by atoms with E-state index in [1.807, 2.05) is 0 Å². The van der Waals surface area contributed by atoms with E-state index in [0.717, 1.165) is 0 Å². The average Bonchev–Trinajstić information content (AvgIpc) is 1.81. The Morgan fingerprint density at radius 2 is 1.22 bits per heavy atom. The summed E-state index contributed by atoms with van der Waals surface area (Å²) in [6.07, 6.45) is 0. The molecule has 3 nitrogen and oxygen atoms in total. The second-order valence-corrected chi connectivity index (χ2v) is 3.56. The summed E-state index contributed by atoms with van der Waals surface area (Å²) in [7, 11) is 0. The molecule has 0 saturated carbocycles. The van der Waals surface area contributed by atoms with E-state index < -0.39 is 0 Å². The zero-order valence-electron chi connectivity index (χ0n) is 6.41. The highest BCUT2D eigenvalue weighted by molar-refractivity contribution is 4.98. The first-order valence-corrected chi connectivity index (χ1v) is 3.16. The van der Waals surface area contributed by atoms with E-state index in [4.69, 9.17) is 4.94 Å². The Kier molecular flexibility index (Phi) is 1.31. The molecule has 0 radical (unpaired) electrons. The molecule has 0 unspecified atom stereocenters. The minimum absolute atomic E-state index is 0.00694. The molecular formula is C6H14N2O. The number of hydrogen-bond donors (Lipinski definition) is 2. The Bertz CT molecular complexity index is 106. The standard InChI is InChI=1S/C6H14N2O/c1-5(2)6(3,4)8-9-7-5/h7-8H,1-4H3. The molecule has 3 heteroatoms. The lowest BCUT2D eigenvalue weighted by molar-refractivity contribution is -0.00344. The highest BCUT2D eigenvalue weighted by atomic mass is 16.8. The number of nitrogens with one attached hydrogen (secondary N) is 2. The van der Waals surface area contributed by atoms with Crippen LogP contribution >= 0.6 is 0 Å². The number of rotatable bonds is 0. The predicted octanol–water partition coefficient (Wildman–Crippen LogP) is 0.583. The molecule has 0 aromatic carbocycles. The summed E-state index contributed by atoms with van der Waals surface area (Å²) in [6, 6.07) is 0. The molecule has 0 aromatic rings. The van der Waals surface area contributed by atoms with E-state index in [1.54, 1.807) is 0 Å². The van der Waals surface area contributed by atoms with E-state index in [1.165, 1.54) is 0 Å². The molecule has 0 spiro atoms. The fourth-order valence-electron chi connectivity index (χ4n) is 0.536. The lowest BCUT2D eigenvalue weighted by Crippen LogP contribution is -2.51. The van der Waals surface area contributed by atoms with Crippen molar-refractivity contribution in [1.29, 1.82) is 0 Å². The number of hydrogen-bond acceptors (Lipinski definition) is 3. The molecule has 1 saturated heterocycles. The molecule has 0 aliphatic carbocycles. The third-order valence-electron chi connectivity index (χ3n) is 2.17. The van der Waals surface area contributed by atoms with Crippen LogP contribution < -0.4 is 11.0 Å². The molecule has 0 amide bonds. The van der Waals surface area contributed by atoms with Crippen LogP contribution in [0, 0.1) is 0 Å². The van der Waals surface area contributed by atoms with Gasteiger partial charge in [0, 0.05) is 0 Å².